The van der Waals surface area contributed by atoms with Gasteiger partial charge in [0.25, 0.3) is 0 Å². The molecule has 1 aromatic heterocycles. The second-order valence-corrected chi connectivity index (χ2v) is 5.04. The van der Waals surface area contributed by atoms with Crippen LogP contribution in [0.5, 0.6) is 11.5 Å². The van der Waals surface area contributed by atoms with Crippen molar-refractivity contribution in [2.45, 2.75) is 6.92 Å². The standard InChI is InChI=1S/C17H16N4O2/c1-11-18-16(20-12-4-2-6-14(22)8-12)10-17(19-11)21-13-5-3-7-15(23)9-13/h2-10,22-23H,1H3,(H2,18,19,20,21). The molecule has 3 aromatic rings. The zero-order valence-corrected chi connectivity index (χ0v) is 12.5. The summed E-state index contributed by atoms with van der Waals surface area (Å²) < 4.78 is 0. The van der Waals surface area contributed by atoms with Crippen LogP contribution in [0.4, 0.5) is 23.0 Å². The van der Waals surface area contributed by atoms with E-state index in [0.717, 1.165) is 11.4 Å². The Bertz CT molecular complexity index is 771. The van der Waals surface area contributed by atoms with Crippen molar-refractivity contribution in [3.8, 4) is 11.5 Å². The molecule has 0 radical (unpaired) electrons. The van der Waals surface area contributed by atoms with Gasteiger partial charge >= 0.3 is 0 Å². The lowest BCUT2D eigenvalue weighted by molar-refractivity contribution is 0.475. The van der Waals surface area contributed by atoms with Gasteiger partial charge in [0.1, 0.15) is 29.0 Å². The van der Waals surface area contributed by atoms with Gasteiger partial charge < -0.3 is 20.8 Å². The highest BCUT2D eigenvalue weighted by molar-refractivity contribution is 5.64. The van der Waals surface area contributed by atoms with Crippen molar-refractivity contribution in [2.75, 3.05) is 10.6 Å². The molecule has 0 aliphatic heterocycles. The summed E-state index contributed by atoms with van der Waals surface area (Å²) in [5, 5.41) is 25.3. The van der Waals surface area contributed by atoms with Crippen LogP contribution in [0, 0.1) is 6.92 Å². The number of anilines is 4. The number of nitrogens with zero attached hydrogens (tertiary/aromatic N) is 2. The van der Waals surface area contributed by atoms with Gasteiger partial charge in [-0.3, -0.25) is 0 Å². The molecule has 1 heterocycles. The average molecular weight is 308 g/mol. The van der Waals surface area contributed by atoms with Crippen molar-refractivity contribution >= 4 is 23.0 Å². The first-order chi connectivity index (χ1) is 11.1. The lowest BCUT2D eigenvalue weighted by Crippen LogP contribution is -2.01. The second kappa shape index (κ2) is 6.23. The summed E-state index contributed by atoms with van der Waals surface area (Å²) in [6.45, 7) is 1.79. The molecule has 6 heteroatoms. The minimum atomic E-state index is 0.180. The number of benzene rings is 2. The number of nitrogens with one attached hydrogen (secondary N) is 2. The Labute approximate surface area is 133 Å². The predicted molar refractivity (Wildman–Crippen MR) is 89.5 cm³/mol. The minimum absolute atomic E-state index is 0.180. The van der Waals surface area contributed by atoms with Gasteiger partial charge in [0.05, 0.1) is 0 Å². The molecule has 6 nitrogen and oxygen atoms in total. The van der Waals surface area contributed by atoms with E-state index >= 15 is 0 Å². The summed E-state index contributed by atoms with van der Waals surface area (Å²) >= 11 is 0. The van der Waals surface area contributed by atoms with Crippen LogP contribution in [0.15, 0.2) is 54.6 Å². The molecular formula is C17H16N4O2. The lowest BCUT2D eigenvalue weighted by atomic mass is 10.3. The molecule has 0 aliphatic rings. The SMILES string of the molecule is Cc1nc(Nc2cccc(O)c2)cc(Nc2cccc(O)c2)n1. The number of hydrogen-bond acceptors (Lipinski definition) is 6. The van der Waals surface area contributed by atoms with Crippen LogP contribution < -0.4 is 10.6 Å². The van der Waals surface area contributed by atoms with Gasteiger partial charge in [-0.1, -0.05) is 12.1 Å². The molecule has 23 heavy (non-hydrogen) atoms. The van der Waals surface area contributed by atoms with E-state index in [9.17, 15) is 10.2 Å². The molecular weight excluding hydrogens is 292 g/mol. The Morgan fingerprint density at radius 3 is 1.65 bits per heavy atom. The third-order valence-electron chi connectivity index (χ3n) is 3.08. The maximum absolute atomic E-state index is 9.51. The number of aryl methyl sites for hydroxylation is 1. The molecule has 116 valence electrons. The van der Waals surface area contributed by atoms with Crippen LogP contribution in [0.2, 0.25) is 0 Å². The van der Waals surface area contributed by atoms with E-state index in [1.54, 1.807) is 49.4 Å². The van der Waals surface area contributed by atoms with Crippen LogP contribution in [0.1, 0.15) is 5.82 Å². The molecule has 4 N–H and O–H groups in total. The van der Waals surface area contributed by atoms with Crippen molar-refractivity contribution in [1.29, 1.82) is 0 Å². The van der Waals surface area contributed by atoms with E-state index in [1.807, 2.05) is 12.1 Å². The Morgan fingerprint density at radius 1 is 0.739 bits per heavy atom. The second-order valence-electron chi connectivity index (χ2n) is 5.04. The monoisotopic (exact) mass is 308 g/mol. The molecule has 0 spiro atoms. The van der Waals surface area contributed by atoms with Crippen molar-refractivity contribution in [2.24, 2.45) is 0 Å². The Morgan fingerprint density at radius 2 is 1.22 bits per heavy atom. The number of rotatable bonds is 4. The molecule has 0 saturated carbocycles. The van der Waals surface area contributed by atoms with Crippen LogP contribution in [0.3, 0.4) is 0 Å². The maximum Gasteiger partial charge on any atom is 0.136 e. The molecule has 0 amide bonds. The summed E-state index contributed by atoms with van der Waals surface area (Å²) in [7, 11) is 0. The Kier molecular flexibility index (Phi) is 3.97. The molecule has 3 rings (SSSR count). The summed E-state index contributed by atoms with van der Waals surface area (Å²) in [5.41, 5.74) is 1.46. The summed E-state index contributed by atoms with van der Waals surface area (Å²) in [6.07, 6.45) is 0. The number of phenolic OH excluding ortho intramolecular Hbond substituents is 2. The number of hydrogen-bond donors (Lipinski definition) is 4. The predicted octanol–water partition coefficient (Wildman–Crippen LogP) is 3.68. The summed E-state index contributed by atoms with van der Waals surface area (Å²) in [4.78, 5) is 8.65. The minimum Gasteiger partial charge on any atom is -0.508 e. The molecule has 0 unspecified atom stereocenters. The van der Waals surface area contributed by atoms with E-state index in [0.29, 0.717) is 17.5 Å². The quantitative estimate of drug-likeness (QED) is 0.588. The highest BCUT2D eigenvalue weighted by Gasteiger charge is 2.04. The van der Waals surface area contributed by atoms with Gasteiger partial charge in [0, 0.05) is 29.6 Å². The molecule has 2 aromatic carbocycles. The van der Waals surface area contributed by atoms with Gasteiger partial charge in [0.2, 0.25) is 0 Å². The molecule has 0 bridgehead atoms. The highest BCUT2D eigenvalue weighted by Crippen LogP contribution is 2.23. The highest BCUT2D eigenvalue weighted by atomic mass is 16.3. The zero-order valence-electron chi connectivity index (χ0n) is 12.5. The lowest BCUT2D eigenvalue weighted by Gasteiger charge is -2.10. The van der Waals surface area contributed by atoms with Gasteiger partial charge in [-0.25, -0.2) is 9.97 Å². The van der Waals surface area contributed by atoms with E-state index in [2.05, 4.69) is 20.6 Å². The smallest absolute Gasteiger partial charge is 0.136 e. The molecule has 0 aliphatic carbocycles. The zero-order chi connectivity index (χ0) is 16.2. The van der Waals surface area contributed by atoms with Crippen molar-refractivity contribution in [1.82, 2.24) is 9.97 Å². The number of phenols is 2. The van der Waals surface area contributed by atoms with Gasteiger partial charge in [-0.2, -0.15) is 0 Å². The summed E-state index contributed by atoms with van der Waals surface area (Å²) in [5.74, 6) is 2.16. The third-order valence-corrected chi connectivity index (χ3v) is 3.08. The normalized spacial score (nSPS) is 10.3. The van der Waals surface area contributed by atoms with Gasteiger partial charge in [-0.15, -0.1) is 0 Å². The fourth-order valence-corrected chi connectivity index (χ4v) is 2.16. The number of aromatic hydroxyl groups is 2. The first-order valence-electron chi connectivity index (χ1n) is 7.06. The van der Waals surface area contributed by atoms with Crippen LogP contribution >= 0.6 is 0 Å². The van der Waals surface area contributed by atoms with Crippen molar-refractivity contribution in [3.05, 3.63) is 60.4 Å². The van der Waals surface area contributed by atoms with E-state index in [-0.39, 0.29) is 11.5 Å². The Balaban J connectivity index is 1.84. The van der Waals surface area contributed by atoms with Crippen LogP contribution in [-0.4, -0.2) is 20.2 Å². The third kappa shape index (κ3) is 3.88. The first kappa shape index (κ1) is 14.6. The average Bonchev–Trinajstić information content (AvgIpc) is 2.46. The van der Waals surface area contributed by atoms with Crippen LogP contribution in [-0.2, 0) is 0 Å². The van der Waals surface area contributed by atoms with Crippen LogP contribution in [0.25, 0.3) is 0 Å². The largest absolute Gasteiger partial charge is 0.508 e. The maximum atomic E-state index is 9.51. The van der Waals surface area contributed by atoms with Gasteiger partial charge in [-0.05, 0) is 31.2 Å². The first-order valence-corrected chi connectivity index (χ1v) is 7.06. The fraction of sp³-hybridized carbons (Fsp3) is 0.0588. The van der Waals surface area contributed by atoms with E-state index < -0.39 is 0 Å². The topological polar surface area (TPSA) is 90.3 Å². The summed E-state index contributed by atoms with van der Waals surface area (Å²) in [6, 6.07) is 15.3. The van der Waals surface area contributed by atoms with Crippen molar-refractivity contribution in [3.63, 3.8) is 0 Å². The van der Waals surface area contributed by atoms with E-state index in [4.69, 9.17) is 0 Å². The molecule has 0 fully saturated rings. The number of aromatic nitrogens is 2. The van der Waals surface area contributed by atoms with E-state index in [1.165, 1.54) is 0 Å². The van der Waals surface area contributed by atoms with Crippen molar-refractivity contribution < 1.29 is 10.2 Å². The fourth-order valence-electron chi connectivity index (χ4n) is 2.16. The van der Waals surface area contributed by atoms with Gasteiger partial charge in [0.15, 0.2) is 0 Å². The Hall–Kier alpha value is -3.28. The molecule has 0 atom stereocenters. The molecule has 0 saturated heterocycles.